The number of nitro groups is 1. The summed E-state index contributed by atoms with van der Waals surface area (Å²) in [6.07, 6.45) is 1.25. The average Bonchev–Trinajstić information content (AvgIpc) is 2.57. The van der Waals surface area contributed by atoms with Crippen LogP contribution in [0, 0.1) is 21.7 Å². The van der Waals surface area contributed by atoms with Crippen LogP contribution < -0.4 is 5.56 Å². The van der Waals surface area contributed by atoms with Gasteiger partial charge in [0.1, 0.15) is 11.6 Å². The molecule has 0 aliphatic rings. The van der Waals surface area contributed by atoms with E-state index in [2.05, 4.69) is 4.74 Å². The number of carbonyl (C=O) groups is 1. The number of rotatable bonds is 6. The summed E-state index contributed by atoms with van der Waals surface area (Å²) in [6, 6.07) is 4.31. The Hall–Kier alpha value is -3.10. The molecule has 0 bridgehead atoms. The van der Waals surface area contributed by atoms with Gasteiger partial charge in [-0.1, -0.05) is 6.07 Å². The first-order valence-electron chi connectivity index (χ1n) is 7.25. The van der Waals surface area contributed by atoms with Gasteiger partial charge in [-0.05, 0) is 25.0 Å². The number of aromatic nitrogens is 1. The highest BCUT2D eigenvalue weighted by atomic mass is 19.1. The van der Waals surface area contributed by atoms with Crippen LogP contribution in [0.4, 0.5) is 14.5 Å². The molecule has 132 valence electrons. The molecule has 0 amide bonds. The zero-order valence-electron chi connectivity index (χ0n) is 13.2. The Labute approximate surface area is 140 Å². The minimum Gasteiger partial charge on any atom is -0.465 e. The fourth-order valence-electron chi connectivity index (χ4n) is 2.34. The van der Waals surface area contributed by atoms with Crippen LogP contribution in [0.25, 0.3) is 0 Å². The van der Waals surface area contributed by atoms with E-state index < -0.39 is 33.8 Å². The summed E-state index contributed by atoms with van der Waals surface area (Å²) in [5, 5.41) is 11.0. The number of aryl methyl sites for hydroxylation is 1. The number of esters is 1. The van der Waals surface area contributed by atoms with Crippen molar-refractivity contribution in [2.24, 2.45) is 0 Å². The van der Waals surface area contributed by atoms with Crippen molar-refractivity contribution in [3.05, 3.63) is 73.7 Å². The van der Waals surface area contributed by atoms with Crippen LogP contribution >= 0.6 is 0 Å². The Morgan fingerprint density at radius 2 is 1.96 bits per heavy atom. The maximum atomic E-state index is 13.6. The van der Waals surface area contributed by atoms with E-state index in [-0.39, 0.29) is 30.5 Å². The smallest absolute Gasteiger partial charge is 0.339 e. The molecule has 2 aromatic rings. The summed E-state index contributed by atoms with van der Waals surface area (Å²) < 4.78 is 32.6. The second-order valence-corrected chi connectivity index (χ2v) is 5.17. The van der Waals surface area contributed by atoms with Crippen LogP contribution in [0.2, 0.25) is 0 Å². The Balaban J connectivity index is 2.26. The summed E-state index contributed by atoms with van der Waals surface area (Å²) >= 11 is 0. The molecular weight excluding hydrogens is 338 g/mol. The summed E-state index contributed by atoms with van der Waals surface area (Å²) in [4.78, 5) is 33.7. The number of hydrogen-bond acceptors (Lipinski definition) is 5. The highest BCUT2D eigenvalue weighted by Gasteiger charge is 2.20. The lowest BCUT2D eigenvalue weighted by atomic mass is 10.1. The lowest BCUT2D eigenvalue weighted by molar-refractivity contribution is -0.386. The maximum absolute atomic E-state index is 13.6. The Morgan fingerprint density at radius 1 is 1.32 bits per heavy atom. The van der Waals surface area contributed by atoms with E-state index in [1.165, 1.54) is 6.07 Å². The predicted octanol–water partition coefficient (Wildman–Crippen LogP) is 2.45. The molecule has 0 N–H and O–H groups in total. The minimum atomic E-state index is -0.911. The fraction of sp³-hybridized carbons (Fsp3) is 0.250. The van der Waals surface area contributed by atoms with Crippen molar-refractivity contribution in [1.82, 2.24) is 4.57 Å². The van der Waals surface area contributed by atoms with Gasteiger partial charge < -0.3 is 9.30 Å². The number of halogens is 2. The molecule has 0 saturated carbocycles. The van der Waals surface area contributed by atoms with E-state index in [0.29, 0.717) is 0 Å². The molecule has 0 fully saturated rings. The van der Waals surface area contributed by atoms with Crippen molar-refractivity contribution in [3.63, 3.8) is 0 Å². The van der Waals surface area contributed by atoms with Crippen molar-refractivity contribution >= 4 is 11.7 Å². The molecule has 0 radical (unpaired) electrons. The summed E-state index contributed by atoms with van der Waals surface area (Å²) in [5.74, 6) is -2.25. The number of nitrogens with zero attached hydrogens (tertiary/aromatic N) is 2. The fourth-order valence-corrected chi connectivity index (χ4v) is 2.34. The van der Waals surface area contributed by atoms with E-state index in [1.54, 1.807) is 0 Å². The molecule has 0 saturated heterocycles. The van der Waals surface area contributed by atoms with Crippen LogP contribution in [0.3, 0.4) is 0 Å². The first kappa shape index (κ1) is 18.2. The molecule has 1 aromatic carbocycles. The molecule has 0 atom stereocenters. The first-order valence-corrected chi connectivity index (χ1v) is 7.25. The zero-order valence-corrected chi connectivity index (χ0v) is 13.2. The summed E-state index contributed by atoms with van der Waals surface area (Å²) in [6.45, 7) is -0.0573. The SMILES string of the molecule is COC(=O)c1cc([N+](=O)[O-])c(=O)n(CCCc2c(F)cccc2F)c1. The van der Waals surface area contributed by atoms with E-state index in [9.17, 15) is 28.5 Å². The number of ether oxygens (including phenoxy) is 1. The maximum Gasteiger partial charge on any atom is 0.339 e. The molecule has 9 heteroatoms. The van der Waals surface area contributed by atoms with E-state index in [0.717, 1.165) is 36.1 Å². The van der Waals surface area contributed by atoms with E-state index in [4.69, 9.17) is 0 Å². The predicted molar refractivity (Wildman–Crippen MR) is 83.4 cm³/mol. The first-order chi connectivity index (χ1) is 11.8. The summed E-state index contributed by atoms with van der Waals surface area (Å²) in [7, 11) is 1.10. The van der Waals surface area contributed by atoms with Gasteiger partial charge in [0, 0.05) is 24.4 Å². The van der Waals surface area contributed by atoms with Gasteiger partial charge in [0.25, 0.3) is 0 Å². The van der Waals surface area contributed by atoms with Crippen LogP contribution in [0.15, 0.2) is 35.3 Å². The Morgan fingerprint density at radius 3 is 2.52 bits per heavy atom. The normalized spacial score (nSPS) is 10.5. The topological polar surface area (TPSA) is 91.4 Å². The van der Waals surface area contributed by atoms with Gasteiger partial charge >= 0.3 is 17.2 Å². The number of carbonyl (C=O) groups excluding carboxylic acids is 1. The van der Waals surface area contributed by atoms with Crippen LogP contribution in [-0.2, 0) is 17.7 Å². The standard InChI is InChI=1S/C16H14F2N2O5/c1-25-16(22)10-8-14(20(23)24)15(21)19(9-10)7-3-4-11-12(17)5-2-6-13(11)18/h2,5-6,8-9H,3-4,7H2,1H3. The monoisotopic (exact) mass is 352 g/mol. The molecule has 0 spiro atoms. The zero-order chi connectivity index (χ0) is 18.6. The number of benzene rings is 1. The lowest BCUT2D eigenvalue weighted by Crippen LogP contribution is -2.24. The van der Waals surface area contributed by atoms with Crippen LogP contribution in [0.5, 0.6) is 0 Å². The number of pyridine rings is 1. The van der Waals surface area contributed by atoms with E-state index >= 15 is 0 Å². The van der Waals surface area contributed by atoms with Gasteiger partial charge in [-0.25, -0.2) is 13.6 Å². The Bertz CT molecular complexity index is 859. The lowest BCUT2D eigenvalue weighted by Gasteiger charge is -2.09. The molecule has 25 heavy (non-hydrogen) atoms. The molecule has 0 aliphatic heterocycles. The summed E-state index contributed by atoms with van der Waals surface area (Å²) in [5.41, 5.74) is -1.98. The van der Waals surface area contributed by atoms with Gasteiger partial charge in [0.2, 0.25) is 0 Å². The third-order valence-corrected chi connectivity index (χ3v) is 3.57. The molecule has 1 aromatic heterocycles. The van der Waals surface area contributed by atoms with Crippen molar-refractivity contribution in [1.29, 1.82) is 0 Å². The van der Waals surface area contributed by atoms with Crippen molar-refractivity contribution in [2.45, 2.75) is 19.4 Å². The van der Waals surface area contributed by atoms with Crippen LogP contribution in [-0.4, -0.2) is 22.6 Å². The largest absolute Gasteiger partial charge is 0.465 e. The third-order valence-electron chi connectivity index (χ3n) is 3.57. The molecular formula is C16H14F2N2O5. The number of hydrogen-bond donors (Lipinski definition) is 0. The van der Waals surface area contributed by atoms with Gasteiger partial charge in [-0.15, -0.1) is 0 Å². The van der Waals surface area contributed by atoms with Crippen LogP contribution in [0.1, 0.15) is 22.3 Å². The molecule has 0 unspecified atom stereocenters. The van der Waals surface area contributed by atoms with Gasteiger partial charge in [-0.3, -0.25) is 14.9 Å². The van der Waals surface area contributed by atoms with E-state index in [1.807, 2.05) is 0 Å². The highest BCUT2D eigenvalue weighted by Crippen LogP contribution is 2.15. The van der Waals surface area contributed by atoms with Gasteiger partial charge in [0.15, 0.2) is 0 Å². The average molecular weight is 352 g/mol. The highest BCUT2D eigenvalue weighted by molar-refractivity contribution is 5.89. The van der Waals surface area contributed by atoms with Gasteiger partial charge in [-0.2, -0.15) is 0 Å². The van der Waals surface area contributed by atoms with Crippen molar-refractivity contribution in [3.8, 4) is 0 Å². The molecule has 0 aliphatic carbocycles. The quantitative estimate of drug-likeness (QED) is 0.452. The van der Waals surface area contributed by atoms with Crippen molar-refractivity contribution < 1.29 is 23.2 Å². The molecule has 2 rings (SSSR count). The third kappa shape index (κ3) is 4.06. The second-order valence-electron chi connectivity index (χ2n) is 5.17. The van der Waals surface area contributed by atoms with Crippen molar-refractivity contribution in [2.75, 3.05) is 7.11 Å². The van der Waals surface area contributed by atoms with Gasteiger partial charge in [0.05, 0.1) is 17.6 Å². The molecule has 7 nitrogen and oxygen atoms in total. The molecule has 1 heterocycles. The number of methoxy groups -OCH3 is 1. The minimum absolute atomic E-state index is 0.0127. The second kappa shape index (κ2) is 7.65. The Kier molecular flexibility index (Phi) is 5.58.